The highest BCUT2D eigenvalue weighted by atomic mass is 79.9. The summed E-state index contributed by atoms with van der Waals surface area (Å²) in [7, 11) is 0. The van der Waals surface area contributed by atoms with E-state index in [-0.39, 0.29) is 12.5 Å². The number of rotatable bonds is 7. The number of amides is 1. The molecule has 0 saturated heterocycles. The number of alkyl halides is 4. The number of aryl methyl sites for hydroxylation is 1. The average Bonchev–Trinajstić information content (AvgIpc) is 2.57. The van der Waals surface area contributed by atoms with E-state index < -0.39 is 19.0 Å². The zero-order chi connectivity index (χ0) is 19.3. The molecule has 0 aromatic heterocycles. The van der Waals surface area contributed by atoms with Crippen molar-refractivity contribution >= 4 is 27.5 Å². The second kappa shape index (κ2) is 8.64. The molecule has 1 N–H and O–H groups in total. The largest absolute Gasteiger partial charge is 0.370 e. The first-order chi connectivity index (χ1) is 12.2. The van der Waals surface area contributed by atoms with E-state index in [0.717, 1.165) is 10.0 Å². The van der Waals surface area contributed by atoms with Gasteiger partial charge in [0.25, 0.3) is 5.91 Å². The van der Waals surface area contributed by atoms with Gasteiger partial charge in [-0.25, -0.2) is 8.78 Å². The summed E-state index contributed by atoms with van der Waals surface area (Å²) < 4.78 is 55.4. The summed E-state index contributed by atoms with van der Waals surface area (Å²) in [5.41, 5.74) is 2.22. The van der Waals surface area contributed by atoms with Crippen LogP contribution in [0.25, 0.3) is 0 Å². The number of hydrogen-bond acceptors (Lipinski definition) is 2. The maximum atomic E-state index is 12.8. The zero-order valence-corrected chi connectivity index (χ0v) is 15.3. The summed E-state index contributed by atoms with van der Waals surface area (Å²) in [4.78, 5) is 12.3. The number of benzene rings is 2. The Hall–Kier alpha value is -1.93. The van der Waals surface area contributed by atoms with Crippen LogP contribution in [0, 0.1) is 6.92 Å². The number of ether oxygens (including phenoxy) is 1. The predicted molar refractivity (Wildman–Crippen MR) is 93.9 cm³/mol. The standard InChI is InChI=1S/C18H16BrF4NO2/c1-11-7-14(19)5-6-15(11)24-16(25)13-4-2-3-12(8-13)9-26-10-18(22,23)17(20)21/h2-8,17H,9-10H2,1H3,(H,24,25). The molecule has 26 heavy (non-hydrogen) atoms. The van der Waals surface area contributed by atoms with Crippen LogP contribution >= 0.6 is 15.9 Å². The Bertz CT molecular complexity index is 784. The molecule has 1 amide bonds. The molecule has 0 aliphatic heterocycles. The van der Waals surface area contributed by atoms with E-state index in [0.29, 0.717) is 16.8 Å². The van der Waals surface area contributed by atoms with Crippen LogP contribution in [-0.4, -0.2) is 24.9 Å². The fourth-order valence-electron chi connectivity index (χ4n) is 2.13. The quantitative estimate of drug-likeness (QED) is 0.591. The van der Waals surface area contributed by atoms with E-state index in [9.17, 15) is 22.4 Å². The molecule has 0 saturated carbocycles. The molecule has 0 fully saturated rings. The molecule has 140 valence electrons. The van der Waals surface area contributed by atoms with Crippen LogP contribution in [0.1, 0.15) is 21.5 Å². The fraction of sp³-hybridized carbons (Fsp3) is 0.278. The monoisotopic (exact) mass is 433 g/mol. The first kappa shape index (κ1) is 20.4. The van der Waals surface area contributed by atoms with Gasteiger partial charge in [-0.3, -0.25) is 4.79 Å². The molecular formula is C18H16BrF4NO2. The van der Waals surface area contributed by atoms with Crippen LogP contribution in [-0.2, 0) is 11.3 Å². The van der Waals surface area contributed by atoms with Crippen molar-refractivity contribution in [2.45, 2.75) is 25.9 Å². The molecule has 3 nitrogen and oxygen atoms in total. The molecule has 2 rings (SSSR count). The summed E-state index contributed by atoms with van der Waals surface area (Å²) in [5, 5.41) is 2.76. The first-order valence-electron chi connectivity index (χ1n) is 7.59. The van der Waals surface area contributed by atoms with Gasteiger partial charge in [-0.2, -0.15) is 8.78 Å². The molecular weight excluding hydrogens is 418 g/mol. The number of halogens is 5. The lowest BCUT2D eigenvalue weighted by atomic mass is 10.1. The summed E-state index contributed by atoms with van der Waals surface area (Å²) in [6, 6.07) is 11.5. The molecule has 0 bridgehead atoms. The van der Waals surface area contributed by atoms with Gasteiger partial charge >= 0.3 is 12.3 Å². The lowest BCUT2D eigenvalue weighted by Crippen LogP contribution is -2.32. The van der Waals surface area contributed by atoms with Crippen molar-refractivity contribution in [3.05, 3.63) is 63.6 Å². The smallest absolute Gasteiger partial charge is 0.330 e. The normalized spacial score (nSPS) is 11.7. The topological polar surface area (TPSA) is 38.3 Å². The van der Waals surface area contributed by atoms with Crippen molar-refractivity contribution in [1.29, 1.82) is 0 Å². The Morgan fingerprint density at radius 1 is 1.23 bits per heavy atom. The number of nitrogens with one attached hydrogen (secondary N) is 1. The lowest BCUT2D eigenvalue weighted by Gasteiger charge is -2.15. The van der Waals surface area contributed by atoms with E-state index in [1.165, 1.54) is 6.07 Å². The third-order valence-electron chi connectivity index (χ3n) is 3.51. The zero-order valence-electron chi connectivity index (χ0n) is 13.7. The van der Waals surface area contributed by atoms with E-state index in [4.69, 9.17) is 0 Å². The Kier molecular flexibility index (Phi) is 6.77. The Morgan fingerprint density at radius 3 is 2.62 bits per heavy atom. The molecule has 0 radical (unpaired) electrons. The van der Waals surface area contributed by atoms with E-state index in [1.54, 1.807) is 30.3 Å². The van der Waals surface area contributed by atoms with E-state index in [2.05, 4.69) is 26.0 Å². The maximum Gasteiger partial charge on any atom is 0.330 e. The lowest BCUT2D eigenvalue weighted by molar-refractivity contribution is -0.168. The highest BCUT2D eigenvalue weighted by Crippen LogP contribution is 2.24. The molecule has 0 heterocycles. The third kappa shape index (κ3) is 5.54. The first-order valence-corrected chi connectivity index (χ1v) is 8.38. The fourth-order valence-corrected chi connectivity index (χ4v) is 2.61. The molecule has 0 unspecified atom stereocenters. The SMILES string of the molecule is Cc1cc(Br)ccc1NC(=O)c1cccc(COCC(F)(F)C(F)F)c1. The van der Waals surface area contributed by atoms with Crippen molar-refractivity contribution in [2.24, 2.45) is 0 Å². The van der Waals surface area contributed by atoms with Crippen LogP contribution < -0.4 is 5.32 Å². The van der Waals surface area contributed by atoms with Gasteiger partial charge in [-0.1, -0.05) is 28.1 Å². The summed E-state index contributed by atoms with van der Waals surface area (Å²) in [6.07, 6.45) is -3.78. The van der Waals surface area contributed by atoms with E-state index in [1.807, 2.05) is 13.0 Å². The Balaban J connectivity index is 2.00. The van der Waals surface area contributed by atoms with Gasteiger partial charge in [-0.15, -0.1) is 0 Å². The van der Waals surface area contributed by atoms with Crippen LogP contribution in [0.3, 0.4) is 0 Å². The minimum atomic E-state index is -4.20. The molecule has 8 heteroatoms. The van der Waals surface area contributed by atoms with Crippen LogP contribution in [0.2, 0.25) is 0 Å². The minimum Gasteiger partial charge on any atom is -0.370 e. The molecule has 0 atom stereocenters. The van der Waals surface area contributed by atoms with Crippen molar-refractivity contribution in [1.82, 2.24) is 0 Å². The van der Waals surface area contributed by atoms with Gasteiger partial charge in [0.1, 0.15) is 6.61 Å². The van der Waals surface area contributed by atoms with Crippen LogP contribution in [0.5, 0.6) is 0 Å². The molecule has 0 aliphatic rings. The third-order valence-corrected chi connectivity index (χ3v) is 4.00. The molecule has 2 aromatic carbocycles. The number of carbonyl (C=O) groups is 1. The minimum absolute atomic E-state index is 0.300. The predicted octanol–water partition coefficient (Wildman–Crippen LogP) is 5.43. The maximum absolute atomic E-state index is 12.8. The van der Waals surface area contributed by atoms with Crippen LogP contribution in [0.15, 0.2) is 46.9 Å². The average molecular weight is 434 g/mol. The highest BCUT2D eigenvalue weighted by molar-refractivity contribution is 9.10. The Labute approximate surface area is 156 Å². The summed E-state index contributed by atoms with van der Waals surface area (Å²) in [5.74, 6) is -4.58. The molecule has 0 aliphatic carbocycles. The number of carbonyl (C=O) groups excluding carboxylic acids is 1. The van der Waals surface area contributed by atoms with Gasteiger partial charge in [-0.05, 0) is 48.4 Å². The highest BCUT2D eigenvalue weighted by Gasteiger charge is 2.40. The van der Waals surface area contributed by atoms with Gasteiger partial charge in [0.2, 0.25) is 0 Å². The summed E-state index contributed by atoms with van der Waals surface area (Å²) in [6.45, 7) is 0.147. The Morgan fingerprint density at radius 2 is 1.96 bits per heavy atom. The van der Waals surface area contributed by atoms with Crippen molar-refractivity contribution < 1.29 is 27.1 Å². The van der Waals surface area contributed by atoms with Gasteiger partial charge in [0.05, 0.1) is 6.61 Å². The second-order valence-electron chi connectivity index (χ2n) is 5.67. The van der Waals surface area contributed by atoms with Gasteiger partial charge in [0.15, 0.2) is 0 Å². The number of hydrogen-bond donors (Lipinski definition) is 1. The second-order valence-corrected chi connectivity index (χ2v) is 6.58. The van der Waals surface area contributed by atoms with Crippen molar-refractivity contribution in [3.8, 4) is 0 Å². The van der Waals surface area contributed by atoms with Crippen molar-refractivity contribution in [2.75, 3.05) is 11.9 Å². The van der Waals surface area contributed by atoms with E-state index >= 15 is 0 Å². The van der Waals surface area contributed by atoms with Crippen molar-refractivity contribution in [3.63, 3.8) is 0 Å². The summed E-state index contributed by atoms with van der Waals surface area (Å²) >= 11 is 3.34. The van der Waals surface area contributed by atoms with Gasteiger partial charge < -0.3 is 10.1 Å². The molecule has 2 aromatic rings. The van der Waals surface area contributed by atoms with Crippen LogP contribution in [0.4, 0.5) is 23.2 Å². The number of anilines is 1. The van der Waals surface area contributed by atoms with Gasteiger partial charge in [0, 0.05) is 15.7 Å². The molecule has 0 spiro atoms.